The molecule has 2 amide bonds. The first-order valence-corrected chi connectivity index (χ1v) is 7.30. The molecule has 110 valence electrons. The van der Waals surface area contributed by atoms with Gasteiger partial charge < -0.3 is 10.2 Å². The molecule has 1 rings (SSSR count). The van der Waals surface area contributed by atoms with E-state index in [0.717, 1.165) is 24.8 Å². The van der Waals surface area contributed by atoms with Crippen LogP contribution < -0.4 is 5.32 Å². The number of likely N-dealkylation sites (N-methyl/N-ethyl adjacent to an activating group) is 1. The fourth-order valence-corrected chi connectivity index (χ4v) is 1.93. The SMILES string of the molecule is CCCCCNC(=O)C(=O)N(CC)Cc1ccccc1. The molecule has 1 N–H and O–H groups in total. The summed E-state index contributed by atoms with van der Waals surface area (Å²) in [6.07, 6.45) is 3.08. The number of hydrogen-bond donors (Lipinski definition) is 1. The highest BCUT2D eigenvalue weighted by Gasteiger charge is 2.19. The van der Waals surface area contributed by atoms with E-state index in [1.165, 1.54) is 0 Å². The number of benzene rings is 1. The van der Waals surface area contributed by atoms with E-state index in [1.54, 1.807) is 4.90 Å². The number of unbranched alkanes of at least 4 members (excludes halogenated alkanes) is 2. The van der Waals surface area contributed by atoms with Crippen molar-refractivity contribution in [1.82, 2.24) is 10.2 Å². The minimum Gasteiger partial charge on any atom is -0.348 e. The molecule has 0 unspecified atom stereocenters. The van der Waals surface area contributed by atoms with Gasteiger partial charge in [-0.2, -0.15) is 0 Å². The average molecular weight is 276 g/mol. The molecule has 4 nitrogen and oxygen atoms in total. The van der Waals surface area contributed by atoms with Crippen LogP contribution in [0.4, 0.5) is 0 Å². The summed E-state index contributed by atoms with van der Waals surface area (Å²) in [5.74, 6) is -0.952. The van der Waals surface area contributed by atoms with Crippen molar-refractivity contribution in [3.63, 3.8) is 0 Å². The Labute approximate surface area is 121 Å². The lowest BCUT2D eigenvalue weighted by atomic mass is 10.2. The third-order valence-corrected chi connectivity index (χ3v) is 3.15. The maximum absolute atomic E-state index is 12.1. The summed E-state index contributed by atoms with van der Waals surface area (Å²) in [5.41, 5.74) is 1.03. The Morgan fingerprint density at radius 3 is 2.40 bits per heavy atom. The largest absolute Gasteiger partial charge is 0.348 e. The lowest BCUT2D eigenvalue weighted by molar-refractivity contribution is -0.146. The topological polar surface area (TPSA) is 49.4 Å². The van der Waals surface area contributed by atoms with Gasteiger partial charge in [0, 0.05) is 19.6 Å². The highest BCUT2D eigenvalue weighted by molar-refractivity contribution is 6.34. The molecule has 1 aromatic carbocycles. The van der Waals surface area contributed by atoms with Gasteiger partial charge in [0.05, 0.1) is 0 Å². The minimum atomic E-state index is -0.501. The van der Waals surface area contributed by atoms with Crippen LogP contribution in [0.5, 0.6) is 0 Å². The molecule has 1 aromatic rings. The molecule has 0 atom stereocenters. The van der Waals surface area contributed by atoms with Gasteiger partial charge in [0.25, 0.3) is 0 Å². The van der Waals surface area contributed by atoms with Crippen LogP contribution >= 0.6 is 0 Å². The summed E-state index contributed by atoms with van der Waals surface area (Å²) in [7, 11) is 0. The Balaban J connectivity index is 2.47. The van der Waals surface area contributed by atoms with Crippen molar-refractivity contribution in [1.29, 1.82) is 0 Å². The van der Waals surface area contributed by atoms with E-state index in [0.29, 0.717) is 19.6 Å². The lowest BCUT2D eigenvalue weighted by Crippen LogP contribution is -2.42. The summed E-state index contributed by atoms with van der Waals surface area (Å²) in [4.78, 5) is 25.4. The van der Waals surface area contributed by atoms with Crippen LogP contribution in [0.15, 0.2) is 30.3 Å². The molecule has 0 aromatic heterocycles. The fourth-order valence-electron chi connectivity index (χ4n) is 1.93. The molecule has 0 heterocycles. The van der Waals surface area contributed by atoms with Crippen molar-refractivity contribution >= 4 is 11.8 Å². The number of amides is 2. The molecule has 0 aliphatic heterocycles. The zero-order valence-corrected chi connectivity index (χ0v) is 12.4. The van der Waals surface area contributed by atoms with Gasteiger partial charge >= 0.3 is 11.8 Å². The third kappa shape index (κ3) is 5.43. The second-order valence-corrected chi connectivity index (χ2v) is 4.77. The summed E-state index contributed by atoms with van der Waals surface area (Å²) >= 11 is 0. The number of rotatable bonds is 7. The van der Waals surface area contributed by atoms with E-state index in [1.807, 2.05) is 37.3 Å². The fraction of sp³-hybridized carbons (Fsp3) is 0.500. The van der Waals surface area contributed by atoms with Crippen LogP contribution in [0.1, 0.15) is 38.7 Å². The zero-order chi connectivity index (χ0) is 14.8. The molecule has 0 spiro atoms. The normalized spacial score (nSPS) is 10.1. The molecule has 0 bridgehead atoms. The van der Waals surface area contributed by atoms with E-state index in [2.05, 4.69) is 12.2 Å². The number of hydrogen-bond acceptors (Lipinski definition) is 2. The molecule has 0 aliphatic rings. The van der Waals surface area contributed by atoms with E-state index in [9.17, 15) is 9.59 Å². The molecule has 4 heteroatoms. The molecule has 0 aliphatic carbocycles. The van der Waals surface area contributed by atoms with Crippen molar-refractivity contribution in [3.05, 3.63) is 35.9 Å². The Morgan fingerprint density at radius 2 is 1.80 bits per heavy atom. The Bertz CT molecular complexity index is 418. The maximum atomic E-state index is 12.1. The van der Waals surface area contributed by atoms with Gasteiger partial charge in [0.15, 0.2) is 0 Å². The van der Waals surface area contributed by atoms with Crippen LogP contribution in [-0.2, 0) is 16.1 Å². The van der Waals surface area contributed by atoms with Gasteiger partial charge in [0.1, 0.15) is 0 Å². The highest BCUT2D eigenvalue weighted by atomic mass is 16.2. The van der Waals surface area contributed by atoms with E-state index >= 15 is 0 Å². The molecule has 0 saturated carbocycles. The van der Waals surface area contributed by atoms with Gasteiger partial charge in [-0.15, -0.1) is 0 Å². The Kier molecular flexibility index (Phi) is 7.40. The average Bonchev–Trinajstić information content (AvgIpc) is 2.49. The number of nitrogens with one attached hydrogen (secondary N) is 1. The van der Waals surface area contributed by atoms with Crippen molar-refractivity contribution < 1.29 is 9.59 Å². The van der Waals surface area contributed by atoms with Crippen LogP contribution in [0.25, 0.3) is 0 Å². The molecule has 0 radical (unpaired) electrons. The standard InChI is InChI=1S/C16H24N2O2/c1-3-5-9-12-17-15(19)16(20)18(4-2)13-14-10-7-6-8-11-14/h6-8,10-11H,3-5,9,12-13H2,1-2H3,(H,17,19). The van der Waals surface area contributed by atoms with Crippen LogP contribution in [-0.4, -0.2) is 29.8 Å². The van der Waals surface area contributed by atoms with Crippen molar-refractivity contribution in [2.45, 2.75) is 39.7 Å². The second kappa shape index (κ2) is 9.13. The van der Waals surface area contributed by atoms with Crippen molar-refractivity contribution in [2.75, 3.05) is 13.1 Å². The first-order chi connectivity index (χ1) is 9.69. The first-order valence-electron chi connectivity index (χ1n) is 7.30. The van der Waals surface area contributed by atoms with Crippen molar-refractivity contribution in [3.8, 4) is 0 Å². The molecule has 0 saturated heterocycles. The summed E-state index contributed by atoms with van der Waals surface area (Å²) < 4.78 is 0. The van der Waals surface area contributed by atoms with Gasteiger partial charge in [-0.05, 0) is 18.9 Å². The van der Waals surface area contributed by atoms with Crippen LogP contribution in [0, 0.1) is 0 Å². The van der Waals surface area contributed by atoms with E-state index < -0.39 is 11.8 Å². The Morgan fingerprint density at radius 1 is 1.10 bits per heavy atom. The van der Waals surface area contributed by atoms with Gasteiger partial charge in [-0.25, -0.2) is 0 Å². The monoisotopic (exact) mass is 276 g/mol. The molecule has 20 heavy (non-hydrogen) atoms. The maximum Gasteiger partial charge on any atom is 0.312 e. The number of carbonyl (C=O) groups excluding carboxylic acids is 2. The third-order valence-electron chi connectivity index (χ3n) is 3.15. The van der Waals surface area contributed by atoms with Gasteiger partial charge in [-0.1, -0.05) is 50.1 Å². The second-order valence-electron chi connectivity index (χ2n) is 4.77. The number of carbonyl (C=O) groups is 2. The molecular formula is C16H24N2O2. The Hall–Kier alpha value is -1.84. The van der Waals surface area contributed by atoms with E-state index in [4.69, 9.17) is 0 Å². The quantitative estimate of drug-likeness (QED) is 0.614. The van der Waals surface area contributed by atoms with E-state index in [-0.39, 0.29) is 0 Å². The van der Waals surface area contributed by atoms with Gasteiger partial charge in [0.2, 0.25) is 0 Å². The smallest absolute Gasteiger partial charge is 0.312 e. The molecule has 0 fully saturated rings. The lowest BCUT2D eigenvalue weighted by Gasteiger charge is -2.20. The summed E-state index contributed by atoms with van der Waals surface area (Å²) in [6.45, 7) is 5.55. The predicted octanol–water partition coefficient (Wildman–Crippen LogP) is 2.34. The zero-order valence-electron chi connectivity index (χ0n) is 12.4. The van der Waals surface area contributed by atoms with Crippen LogP contribution in [0.3, 0.4) is 0 Å². The highest BCUT2D eigenvalue weighted by Crippen LogP contribution is 2.04. The molecular weight excluding hydrogens is 252 g/mol. The van der Waals surface area contributed by atoms with Gasteiger partial charge in [-0.3, -0.25) is 9.59 Å². The minimum absolute atomic E-state index is 0.451. The summed E-state index contributed by atoms with van der Waals surface area (Å²) in [6, 6.07) is 9.70. The van der Waals surface area contributed by atoms with Crippen LogP contribution in [0.2, 0.25) is 0 Å². The predicted molar refractivity (Wildman–Crippen MR) is 80.1 cm³/mol. The number of nitrogens with zero attached hydrogens (tertiary/aromatic N) is 1. The summed E-state index contributed by atoms with van der Waals surface area (Å²) in [5, 5.41) is 2.69. The first kappa shape index (κ1) is 16.2. The van der Waals surface area contributed by atoms with Crippen molar-refractivity contribution in [2.24, 2.45) is 0 Å².